The lowest BCUT2D eigenvalue weighted by Gasteiger charge is -2.17. The Bertz CT molecular complexity index is 539. The molecule has 0 heterocycles. The molecule has 0 saturated carbocycles. The van der Waals surface area contributed by atoms with Crippen LogP contribution < -0.4 is 9.47 Å². The molecule has 0 aromatic heterocycles. The number of aromatic hydroxyl groups is 1. The first kappa shape index (κ1) is 21.1. The maximum absolute atomic E-state index is 10.8. The van der Waals surface area contributed by atoms with Crippen molar-refractivity contribution >= 4 is 6.16 Å². The molecule has 5 nitrogen and oxygen atoms in total. The van der Waals surface area contributed by atoms with Gasteiger partial charge in [0.2, 0.25) is 5.75 Å². The first-order valence-corrected chi connectivity index (χ1v) is 9.46. The third-order valence-electron chi connectivity index (χ3n) is 4.34. The molecule has 0 unspecified atom stereocenters. The number of phenolic OH excluding ortho intramolecular Hbond substituents is 1. The maximum Gasteiger partial charge on any atom is 0.511 e. The van der Waals surface area contributed by atoms with E-state index in [1.54, 1.807) is 6.07 Å². The van der Waals surface area contributed by atoms with Gasteiger partial charge >= 0.3 is 6.16 Å². The van der Waals surface area contributed by atoms with Gasteiger partial charge in [0.25, 0.3) is 0 Å². The highest BCUT2D eigenvalue weighted by Crippen LogP contribution is 2.42. The smallest absolute Gasteiger partial charge is 0.502 e. The summed E-state index contributed by atoms with van der Waals surface area (Å²) in [6.07, 6.45) is 8.25. The van der Waals surface area contributed by atoms with Crippen LogP contribution >= 0.6 is 0 Å². The van der Waals surface area contributed by atoms with Crippen molar-refractivity contribution in [2.75, 3.05) is 6.61 Å². The summed E-state index contributed by atoms with van der Waals surface area (Å²) in [5, 5.41) is 19.2. The lowest BCUT2D eigenvalue weighted by Crippen LogP contribution is -2.07. The number of unbranched alkanes of at least 4 members (excludes halogenated alkanes) is 6. The van der Waals surface area contributed by atoms with Gasteiger partial charge in [0, 0.05) is 5.56 Å². The largest absolute Gasteiger partial charge is 0.511 e. The molecule has 0 spiro atoms. The highest BCUT2D eigenvalue weighted by atomic mass is 16.7. The Morgan fingerprint density at radius 2 is 1.64 bits per heavy atom. The van der Waals surface area contributed by atoms with Crippen LogP contribution in [0.4, 0.5) is 4.79 Å². The normalized spacial score (nSPS) is 10.7. The Labute approximate surface area is 151 Å². The van der Waals surface area contributed by atoms with E-state index in [-0.39, 0.29) is 11.5 Å². The summed E-state index contributed by atoms with van der Waals surface area (Å²) in [7, 11) is 0. The zero-order valence-electron chi connectivity index (χ0n) is 15.8. The van der Waals surface area contributed by atoms with Crippen LogP contribution in [-0.2, 0) is 12.8 Å². The predicted octanol–water partition coefficient (Wildman–Crippen LogP) is 5.70. The van der Waals surface area contributed by atoms with E-state index in [0.717, 1.165) is 24.0 Å². The summed E-state index contributed by atoms with van der Waals surface area (Å²) in [5.41, 5.74) is 1.85. The van der Waals surface area contributed by atoms with Crippen molar-refractivity contribution in [3.05, 3.63) is 17.2 Å². The van der Waals surface area contributed by atoms with E-state index in [1.165, 1.54) is 32.1 Å². The standard InChI is InChI=1S/C20H32O5/c1-4-7-8-9-10-11-12-13-24-19-16(6-3)15(5-2)14-17(18(19)21)25-20(22)23/h14,21H,4-13H2,1-3H3,(H,22,23). The van der Waals surface area contributed by atoms with Gasteiger partial charge in [-0.1, -0.05) is 59.3 Å². The highest BCUT2D eigenvalue weighted by Gasteiger charge is 2.20. The summed E-state index contributed by atoms with van der Waals surface area (Å²) >= 11 is 0. The number of rotatable bonds is 12. The second-order valence-electron chi connectivity index (χ2n) is 6.23. The fraction of sp³-hybridized carbons (Fsp3) is 0.650. The van der Waals surface area contributed by atoms with Crippen molar-refractivity contribution in [1.29, 1.82) is 0 Å². The number of carboxylic acid groups (broad SMARTS) is 1. The summed E-state index contributed by atoms with van der Waals surface area (Å²) in [6.45, 7) is 6.69. The van der Waals surface area contributed by atoms with Crippen LogP contribution in [0, 0.1) is 0 Å². The van der Waals surface area contributed by atoms with E-state index in [9.17, 15) is 9.90 Å². The first-order chi connectivity index (χ1) is 12.0. The van der Waals surface area contributed by atoms with Gasteiger partial charge in [0.1, 0.15) is 0 Å². The van der Waals surface area contributed by atoms with E-state index in [1.807, 2.05) is 13.8 Å². The fourth-order valence-electron chi connectivity index (χ4n) is 2.98. The topological polar surface area (TPSA) is 76.0 Å². The third-order valence-corrected chi connectivity index (χ3v) is 4.34. The van der Waals surface area contributed by atoms with Crippen molar-refractivity contribution < 1.29 is 24.5 Å². The van der Waals surface area contributed by atoms with Gasteiger partial charge in [-0.15, -0.1) is 0 Å². The summed E-state index contributed by atoms with van der Waals surface area (Å²) in [4.78, 5) is 10.8. The van der Waals surface area contributed by atoms with E-state index < -0.39 is 6.16 Å². The Morgan fingerprint density at radius 3 is 2.20 bits per heavy atom. The van der Waals surface area contributed by atoms with E-state index in [2.05, 4.69) is 6.92 Å². The van der Waals surface area contributed by atoms with Gasteiger partial charge in [-0.2, -0.15) is 0 Å². The molecule has 0 amide bonds. The Kier molecular flexibility index (Phi) is 9.81. The van der Waals surface area contributed by atoms with Crippen molar-refractivity contribution in [1.82, 2.24) is 0 Å². The molecule has 0 saturated heterocycles. The molecule has 5 heteroatoms. The molecule has 0 atom stereocenters. The molecular formula is C20H32O5. The summed E-state index contributed by atoms with van der Waals surface area (Å²) in [5.74, 6) is 0.0830. The van der Waals surface area contributed by atoms with Crippen molar-refractivity contribution in [2.24, 2.45) is 0 Å². The Hall–Kier alpha value is -1.91. The minimum atomic E-state index is -1.44. The number of hydrogen-bond acceptors (Lipinski definition) is 4. The average Bonchev–Trinajstić information content (AvgIpc) is 2.59. The lowest BCUT2D eigenvalue weighted by molar-refractivity contribution is 0.142. The molecule has 1 aromatic rings. The lowest BCUT2D eigenvalue weighted by atomic mass is 10.0. The predicted molar refractivity (Wildman–Crippen MR) is 99.0 cm³/mol. The van der Waals surface area contributed by atoms with Crippen molar-refractivity contribution in [3.63, 3.8) is 0 Å². The van der Waals surface area contributed by atoms with Gasteiger partial charge < -0.3 is 19.7 Å². The van der Waals surface area contributed by atoms with Gasteiger partial charge in [-0.25, -0.2) is 4.79 Å². The Balaban J connectivity index is 2.71. The van der Waals surface area contributed by atoms with Crippen molar-refractivity contribution in [3.8, 4) is 17.2 Å². The Morgan fingerprint density at radius 1 is 1.00 bits per heavy atom. The minimum Gasteiger partial charge on any atom is -0.502 e. The minimum absolute atomic E-state index is 0.0592. The maximum atomic E-state index is 10.8. The molecule has 0 aliphatic carbocycles. The third kappa shape index (κ3) is 6.85. The zero-order chi connectivity index (χ0) is 18.7. The SMILES string of the molecule is CCCCCCCCCOc1c(O)c(OC(=O)O)cc(CC)c1CC. The molecule has 0 fully saturated rings. The van der Waals surface area contributed by atoms with Gasteiger partial charge in [0.15, 0.2) is 11.5 Å². The molecule has 1 aromatic carbocycles. The quantitative estimate of drug-likeness (QED) is 0.286. The van der Waals surface area contributed by atoms with E-state index in [0.29, 0.717) is 25.2 Å². The number of ether oxygens (including phenoxy) is 2. The van der Waals surface area contributed by atoms with Gasteiger partial charge in [-0.05, 0) is 30.9 Å². The monoisotopic (exact) mass is 352 g/mol. The van der Waals surface area contributed by atoms with Crippen molar-refractivity contribution in [2.45, 2.75) is 78.6 Å². The number of phenols is 1. The molecule has 142 valence electrons. The van der Waals surface area contributed by atoms with Gasteiger partial charge in [0.05, 0.1) is 6.61 Å². The highest BCUT2D eigenvalue weighted by molar-refractivity contribution is 5.66. The molecular weight excluding hydrogens is 320 g/mol. The number of benzene rings is 1. The number of aryl methyl sites for hydroxylation is 1. The van der Waals surface area contributed by atoms with Crippen LogP contribution in [0.2, 0.25) is 0 Å². The van der Waals surface area contributed by atoms with Crippen LogP contribution in [0.25, 0.3) is 0 Å². The van der Waals surface area contributed by atoms with Crippen LogP contribution in [0.1, 0.15) is 76.8 Å². The summed E-state index contributed by atoms with van der Waals surface area (Å²) in [6, 6.07) is 1.59. The molecule has 2 N–H and O–H groups in total. The number of carbonyl (C=O) groups is 1. The molecule has 1 rings (SSSR count). The van der Waals surface area contributed by atoms with Crippen LogP contribution in [0.5, 0.6) is 17.2 Å². The van der Waals surface area contributed by atoms with Crippen LogP contribution in [-0.4, -0.2) is 23.0 Å². The molecule has 25 heavy (non-hydrogen) atoms. The second kappa shape index (κ2) is 11.6. The molecule has 0 aliphatic heterocycles. The van der Waals surface area contributed by atoms with Gasteiger partial charge in [-0.3, -0.25) is 0 Å². The fourth-order valence-corrected chi connectivity index (χ4v) is 2.98. The van der Waals surface area contributed by atoms with Crippen LogP contribution in [0.15, 0.2) is 6.07 Å². The number of hydrogen-bond donors (Lipinski definition) is 2. The average molecular weight is 352 g/mol. The molecule has 0 bridgehead atoms. The molecule has 0 aliphatic rings. The zero-order valence-corrected chi connectivity index (χ0v) is 15.8. The van der Waals surface area contributed by atoms with E-state index >= 15 is 0 Å². The van der Waals surface area contributed by atoms with Crippen LogP contribution in [0.3, 0.4) is 0 Å². The second-order valence-corrected chi connectivity index (χ2v) is 6.23. The van der Waals surface area contributed by atoms with E-state index in [4.69, 9.17) is 14.6 Å². The molecule has 0 radical (unpaired) electrons. The summed E-state index contributed by atoms with van der Waals surface area (Å²) < 4.78 is 10.5. The first-order valence-electron chi connectivity index (χ1n) is 9.46.